The topological polar surface area (TPSA) is 47.3 Å². The maximum atomic E-state index is 9.90. The van der Waals surface area contributed by atoms with Crippen LogP contribution < -0.4 is 4.74 Å². The van der Waals surface area contributed by atoms with Crippen LogP contribution in [0.2, 0.25) is 5.15 Å². The lowest BCUT2D eigenvalue weighted by Crippen LogP contribution is -2.20. The molecule has 78 valence electrons. The summed E-state index contributed by atoms with van der Waals surface area (Å²) in [5, 5.41) is 14.3. The Morgan fingerprint density at radius 1 is 1.57 bits per heavy atom. The number of aryl methyl sites for hydroxylation is 1. The van der Waals surface area contributed by atoms with Crippen molar-refractivity contribution in [3.05, 3.63) is 10.7 Å². The van der Waals surface area contributed by atoms with Gasteiger partial charge in [0.15, 0.2) is 5.15 Å². The molecule has 2 heterocycles. The van der Waals surface area contributed by atoms with Crippen molar-refractivity contribution in [3.8, 4) is 5.88 Å². The van der Waals surface area contributed by atoms with Crippen molar-refractivity contribution in [3.63, 3.8) is 0 Å². The average molecular weight is 217 g/mol. The Labute approximate surface area is 87.4 Å². The largest absolute Gasteiger partial charge is 0.477 e. The lowest BCUT2D eigenvalue weighted by molar-refractivity contribution is 0.0729. The molecule has 1 N–H and O–H groups in total. The van der Waals surface area contributed by atoms with E-state index in [1.807, 2.05) is 0 Å². The van der Waals surface area contributed by atoms with Crippen LogP contribution in [0.15, 0.2) is 0 Å². The van der Waals surface area contributed by atoms with Gasteiger partial charge in [-0.3, -0.25) is 0 Å². The van der Waals surface area contributed by atoms with Gasteiger partial charge in [0.1, 0.15) is 0 Å². The van der Waals surface area contributed by atoms with Gasteiger partial charge in [0, 0.05) is 13.0 Å². The van der Waals surface area contributed by atoms with Gasteiger partial charge in [0.05, 0.1) is 17.8 Å². The Bertz CT molecular complexity index is 354. The van der Waals surface area contributed by atoms with Crippen LogP contribution in [0.5, 0.6) is 5.88 Å². The van der Waals surface area contributed by atoms with Gasteiger partial charge in [-0.1, -0.05) is 11.6 Å². The number of nitrogens with zero attached hydrogens (tertiary/aromatic N) is 2. The third-order valence-corrected chi connectivity index (χ3v) is 2.49. The van der Waals surface area contributed by atoms with Crippen LogP contribution in [0.25, 0.3) is 0 Å². The van der Waals surface area contributed by atoms with Gasteiger partial charge in [-0.2, -0.15) is 5.10 Å². The van der Waals surface area contributed by atoms with Crippen molar-refractivity contribution in [1.82, 2.24) is 9.78 Å². The first kappa shape index (κ1) is 9.80. The van der Waals surface area contributed by atoms with E-state index in [0.717, 1.165) is 13.0 Å². The zero-order valence-electron chi connectivity index (χ0n) is 8.25. The minimum absolute atomic E-state index is 0.328. The zero-order chi connectivity index (χ0) is 10.3. The van der Waals surface area contributed by atoms with E-state index in [2.05, 4.69) is 5.10 Å². The molecule has 0 aliphatic carbocycles. The quantitative estimate of drug-likeness (QED) is 0.775. The third kappa shape index (κ3) is 1.48. The van der Waals surface area contributed by atoms with Crippen molar-refractivity contribution in [2.45, 2.75) is 32.4 Å². The van der Waals surface area contributed by atoms with Gasteiger partial charge in [0.25, 0.3) is 0 Å². The minimum Gasteiger partial charge on any atom is -0.477 e. The van der Waals surface area contributed by atoms with Gasteiger partial charge in [-0.15, -0.1) is 0 Å². The third-order valence-electron chi connectivity index (χ3n) is 2.23. The second-order valence-electron chi connectivity index (χ2n) is 3.96. The Balaban J connectivity index is 2.53. The maximum Gasteiger partial charge on any atom is 0.219 e. The molecule has 1 aromatic heterocycles. The van der Waals surface area contributed by atoms with Crippen molar-refractivity contribution in [2.75, 3.05) is 6.61 Å². The minimum atomic E-state index is -1.01. The highest BCUT2D eigenvalue weighted by atomic mass is 35.5. The van der Waals surface area contributed by atoms with Crippen LogP contribution in [0, 0.1) is 0 Å². The summed E-state index contributed by atoms with van der Waals surface area (Å²) in [4.78, 5) is 0. The van der Waals surface area contributed by atoms with Crippen molar-refractivity contribution in [2.24, 2.45) is 0 Å². The fourth-order valence-corrected chi connectivity index (χ4v) is 2.02. The first-order valence-corrected chi connectivity index (χ1v) is 5.00. The number of hydrogen-bond donors (Lipinski definition) is 1. The standard InChI is InChI=1S/C9H13ClN2O2/c1-9(2,13)6-7(10)11-12-4-3-5-14-8(6)12/h13H,3-5H2,1-2H3. The average Bonchev–Trinajstić information content (AvgIpc) is 2.38. The summed E-state index contributed by atoms with van der Waals surface area (Å²) in [6.45, 7) is 4.81. The lowest BCUT2D eigenvalue weighted by Gasteiger charge is -2.21. The smallest absolute Gasteiger partial charge is 0.219 e. The lowest BCUT2D eigenvalue weighted by atomic mass is 10.0. The highest BCUT2D eigenvalue weighted by Crippen LogP contribution is 2.36. The summed E-state index contributed by atoms with van der Waals surface area (Å²) < 4.78 is 7.17. The van der Waals surface area contributed by atoms with Gasteiger partial charge < -0.3 is 9.84 Å². The van der Waals surface area contributed by atoms with Crippen LogP contribution in [0.1, 0.15) is 25.8 Å². The van der Waals surface area contributed by atoms with Gasteiger partial charge >= 0.3 is 0 Å². The van der Waals surface area contributed by atoms with E-state index < -0.39 is 5.60 Å². The fourth-order valence-electron chi connectivity index (χ4n) is 1.61. The number of ether oxygens (including phenoxy) is 1. The monoisotopic (exact) mass is 216 g/mol. The van der Waals surface area contributed by atoms with Crippen molar-refractivity contribution < 1.29 is 9.84 Å². The number of halogens is 1. The molecule has 0 unspecified atom stereocenters. The summed E-state index contributed by atoms with van der Waals surface area (Å²) in [5.74, 6) is 0.605. The summed E-state index contributed by atoms with van der Waals surface area (Å²) in [5.41, 5.74) is -0.430. The van der Waals surface area contributed by atoms with E-state index in [9.17, 15) is 5.11 Å². The number of aromatic nitrogens is 2. The van der Waals surface area contributed by atoms with Crippen LogP contribution in [0.3, 0.4) is 0 Å². The Hall–Kier alpha value is -0.740. The highest BCUT2D eigenvalue weighted by Gasteiger charge is 2.31. The normalized spacial score (nSPS) is 16.3. The first-order valence-electron chi connectivity index (χ1n) is 4.62. The van der Waals surface area contributed by atoms with Gasteiger partial charge in [-0.05, 0) is 13.8 Å². The molecular weight excluding hydrogens is 204 g/mol. The second kappa shape index (κ2) is 3.14. The SMILES string of the molecule is CC(C)(O)c1c(Cl)nn2c1OCCC2. The predicted molar refractivity (Wildman–Crippen MR) is 52.6 cm³/mol. The second-order valence-corrected chi connectivity index (χ2v) is 4.31. The van der Waals surface area contributed by atoms with Crippen molar-refractivity contribution in [1.29, 1.82) is 0 Å². The molecule has 0 saturated carbocycles. The summed E-state index contributed by atoms with van der Waals surface area (Å²) in [6.07, 6.45) is 0.927. The Morgan fingerprint density at radius 2 is 2.29 bits per heavy atom. The number of aliphatic hydroxyl groups is 1. The maximum absolute atomic E-state index is 9.90. The molecule has 14 heavy (non-hydrogen) atoms. The molecule has 0 atom stereocenters. The molecule has 0 fully saturated rings. The molecule has 1 aromatic rings. The number of fused-ring (bicyclic) bond motifs is 1. The van der Waals surface area contributed by atoms with E-state index in [4.69, 9.17) is 16.3 Å². The molecule has 0 amide bonds. The molecule has 1 aliphatic rings. The van der Waals surface area contributed by atoms with Crippen LogP contribution >= 0.6 is 11.6 Å². The molecule has 0 radical (unpaired) electrons. The van der Waals surface area contributed by atoms with E-state index in [1.165, 1.54) is 0 Å². The molecule has 0 bridgehead atoms. The zero-order valence-corrected chi connectivity index (χ0v) is 9.01. The molecule has 1 aliphatic heterocycles. The van der Waals surface area contributed by atoms with E-state index in [0.29, 0.717) is 23.2 Å². The molecule has 0 spiro atoms. The first-order chi connectivity index (χ1) is 6.50. The van der Waals surface area contributed by atoms with Crippen molar-refractivity contribution >= 4 is 11.6 Å². The number of rotatable bonds is 1. The Kier molecular flexibility index (Phi) is 2.20. The van der Waals surface area contributed by atoms with Crippen LogP contribution in [-0.2, 0) is 12.1 Å². The molecule has 4 nitrogen and oxygen atoms in total. The molecule has 0 aromatic carbocycles. The van der Waals surface area contributed by atoms with Gasteiger partial charge in [-0.25, -0.2) is 4.68 Å². The van der Waals surface area contributed by atoms with Crippen LogP contribution in [-0.4, -0.2) is 21.5 Å². The van der Waals surface area contributed by atoms with Gasteiger partial charge in [0.2, 0.25) is 5.88 Å². The summed E-state index contributed by atoms with van der Waals surface area (Å²) in [7, 11) is 0. The molecule has 2 rings (SSSR count). The summed E-state index contributed by atoms with van der Waals surface area (Å²) in [6, 6.07) is 0. The number of hydrogen-bond acceptors (Lipinski definition) is 3. The molecule has 0 saturated heterocycles. The fraction of sp³-hybridized carbons (Fsp3) is 0.667. The predicted octanol–water partition coefficient (Wildman–Crippen LogP) is 1.55. The molecular formula is C9H13ClN2O2. The van der Waals surface area contributed by atoms with E-state index >= 15 is 0 Å². The van der Waals surface area contributed by atoms with E-state index in [1.54, 1.807) is 18.5 Å². The van der Waals surface area contributed by atoms with Crippen LogP contribution in [0.4, 0.5) is 0 Å². The highest BCUT2D eigenvalue weighted by molar-refractivity contribution is 6.30. The van der Waals surface area contributed by atoms with E-state index in [-0.39, 0.29) is 0 Å². The Morgan fingerprint density at radius 3 is 2.93 bits per heavy atom. The molecule has 5 heteroatoms. The summed E-state index contributed by atoms with van der Waals surface area (Å²) >= 11 is 5.95.